The molecule has 0 atom stereocenters. The van der Waals surface area contributed by atoms with Gasteiger partial charge in [0.05, 0.1) is 18.2 Å². The van der Waals surface area contributed by atoms with Gasteiger partial charge in [0, 0.05) is 16.2 Å². The zero-order valence-corrected chi connectivity index (χ0v) is 20.6. The molecule has 180 valence electrons. The van der Waals surface area contributed by atoms with Gasteiger partial charge in [-0.25, -0.2) is 9.59 Å². The van der Waals surface area contributed by atoms with Crippen molar-refractivity contribution in [1.82, 2.24) is 0 Å². The first-order valence-electron chi connectivity index (χ1n) is 10.9. The van der Waals surface area contributed by atoms with Crippen molar-refractivity contribution >= 4 is 42.3 Å². The number of thiol groups is 1. The Hall–Kier alpha value is -2.45. The highest BCUT2D eigenvalue weighted by atomic mass is 32.2. The number of hydrogen-bond acceptors (Lipinski definition) is 6. The van der Waals surface area contributed by atoms with Gasteiger partial charge in [-0.05, 0) is 67.1 Å². The van der Waals surface area contributed by atoms with E-state index in [1.807, 2.05) is 12.1 Å². The Morgan fingerprint density at radius 3 is 1.70 bits per heavy atom. The number of thioether (sulfide) groups is 1. The van der Waals surface area contributed by atoms with Gasteiger partial charge in [0.2, 0.25) is 0 Å². The van der Waals surface area contributed by atoms with Gasteiger partial charge in [-0.1, -0.05) is 32.1 Å². The minimum absolute atomic E-state index is 0.113. The van der Waals surface area contributed by atoms with E-state index in [2.05, 4.69) is 17.4 Å². The van der Waals surface area contributed by atoms with E-state index in [9.17, 15) is 14.4 Å². The lowest BCUT2D eigenvalue weighted by Gasteiger charge is -2.03. The van der Waals surface area contributed by atoms with Crippen LogP contribution >= 0.6 is 24.4 Å². The van der Waals surface area contributed by atoms with Crippen molar-refractivity contribution in [3.63, 3.8) is 0 Å². The summed E-state index contributed by atoms with van der Waals surface area (Å²) in [6.07, 6.45) is 8.59. The van der Waals surface area contributed by atoms with Gasteiger partial charge in [0.1, 0.15) is 0 Å². The summed E-state index contributed by atoms with van der Waals surface area (Å²) in [4.78, 5) is 33.9. The van der Waals surface area contributed by atoms with Crippen molar-refractivity contribution < 1.29 is 29.3 Å². The lowest BCUT2D eigenvalue weighted by atomic mass is 10.1. The van der Waals surface area contributed by atoms with Crippen molar-refractivity contribution in [2.75, 3.05) is 12.9 Å². The van der Waals surface area contributed by atoms with Crippen molar-refractivity contribution in [2.24, 2.45) is 0 Å². The highest BCUT2D eigenvalue weighted by Gasteiger charge is 2.02. The molecule has 2 aromatic rings. The highest BCUT2D eigenvalue weighted by Crippen LogP contribution is 2.20. The Bertz CT molecular complexity index is 850. The molecule has 0 amide bonds. The van der Waals surface area contributed by atoms with Gasteiger partial charge >= 0.3 is 17.9 Å². The average molecular weight is 493 g/mol. The fourth-order valence-corrected chi connectivity index (χ4v) is 3.91. The molecule has 33 heavy (non-hydrogen) atoms. The maximum absolute atomic E-state index is 10.9. The maximum atomic E-state index is 10.9. The van der Waals surface area contributed by atoms with Crippen molar-refractivity contribution in [1.29, 1.82) is 0 Å². The molecule has 0 fully saturated rings. The summed E-state index contributed by atoms with van der Waals surface area (Å²) in [5, 5.41) is 17.3. The quantitative estimate of drug-likeness (QED) is 0.128. The molecule has 0 unspecified atom stereocenters. The van der Waals surface area contributed by atoms with Gasteiger partial charge in [0.15, 0.2) is 0 Å². The van der Waals surface area contributed by atoms with Crippen LogP contribution in [0.15, 0.2) is 58.3 Å². The number of ether oxygens (including phenoxy) is 1. The van der Waals surface area contributed by atoms with Crippen LogP contribution in [0, 0.1) is 0 Å². The third-order valence-corrected chi connectivity index (χ3v) is 6.13. The van der Waals surface area contributed by atoms with Crippen molar-refractivity contribution in [3.8, 4) is 0 Å². The molecule has 0 aliphatic rings. The van der Waals surface area contributed by atoms with E-state index < -0.39 is 11.9 Å². The molecule has 0 spiro atoms. The molecule has 8 heteroatoms. The normalized spacial score (nSPS) is 10.1. The summed E-state index contributed by atoms with van der Waals surface area (Å²) in [6.45, 7) is 0. The fraction of sp³-hybridized carbons (Fsp3) is 0.400. The predicted octanol–water partition coefficient (Wildman–Crippen LogP) is 6.44. The summed E-state index contributed by atoms with van der Waals surface area (Å²) in [5.41, 5.74) is 0.624. The first kappa shape index (κ1) is 28.6. The summed E-state index contributed by atoms with van der Waals surface area (Å²) in [6, 6.07) is 13.4. The molecule has 0 aliphatic carbocycles. The number of rotatable bonds is 13. The molecule has 0 aromatic heterocycles. The summed E-state index contributed by atoms with van der Waals surface area (Å²) in [7, 11) is 1.43. The first-order chi connectivity index (χ1) is 15.8. The summed E-state index contributed by atoms with van der Waals surface area (Å²) < 4.78 is 4.61. The largest absolute Gasteiger partial charge is 0.478 e. The number of aromatic carboxylic acids is 2. The van der Waals surface area contributed by atoms with Crippen LogP contribution in [0.1, 0.15) is 72.1 Å². The van der Waals surface area contributed by atoms with E-state index in [4.69, 9.17) is 10.2 Å². The second-order valence-electron chi connectivity index (χ2n) is 7.33. The molecule has 0 bridgehead atoms. The molecule has 2 rings (SSSR count). The van der Waals surface area contributed by atoms with Crippen LogP contribution in [0.25, 0.3) is 0 Å². The average Bonchev–Trinajstić information content (AvgIpc) is 2.81. The van der Waals surface area contributed by atoms with Crippen molar-refractivity contribution in [3.05, 3.63) is 59.7 Å². The van der Waals surface area contributed by atoms with Crippen LogP contribution in [0.2, 0.25) is 0 Å². The Morgan fingerprint density at radius 2 is 1.21 bits per heavy atom. The van der Waals surface area contributed by atoms with E-state index in [0.717, 1.165) is 28.4 Å². The number of carbonyl (C=O) groups excluding carboxylic acids is 1. The molecule has 0 heterocycles. The molecule has 0 saturated heterocycles. The van der Waals surface area contributed by atoms with Gasteiger partial charge in [-0.15, -0.1) is 24.4 Å². The number of esters is 1. The number of carboxylic acids is 2. The smallest absolute Gasteiger partial charge is 0.335 e. The Morgan fingerprint density at radius 1 is 0.758 bits per heavy atom. The number of carbonyl (C=O) groups is 3. The SMILES string of the molecule is COC(=O)CCCCCCCCCSc1ccc(C(=O)O)cc1.O=C(O)c1ccc(S)cc1. The van der Waals surface area contributed by atoms with Crippen molar-refractivity contribution in [2.45, 2.75) is 61.2 Å². The molecule has 2 N–H and O–H groups in total. The van der Waals surface area contributed by atoms with E-state index in [0.29, 0.717) is 12.0 Å². The number of carboxylic acid groups (broad SMARTS) is 2. The maximum Gasteiger partial charge on any atom is 0.335 e. The lowest BCUT2D eigenvalue weighted by molar-refractivity contribution is -0.140. The lowest BCUT2D eigenvalue weighted by Crippen LogP contribution is -1.99. The number of hydrogen-bond donors (Lipinski definition) is 3. The van der Waals surface area contributed by atoms with Crippen LogP contribution in [-0.2, 0) is 9.53 Å². The number of methoxy groups -OCH3 is 1. The second-order valence-corrected chi connectivity index (χ2v) is 9.02. The highest BCUT2D eigenvalue weighted by molar-refractivity contribution is 7.99. The van der Waals surface area contributed by atoms with Gasteiger partial charge in [-0.2, -0.15) is 0 Å². The Balaban J connectivity index is 0.000000451. The minimum atomic E-state index is -0.909. The zero-order valence-electron chi connectivity index (χ0n) is 18.9. The predicted molar refractivity (Wildman–Crippen MR) is 134 cm³/mol. The van der Waals surface area contributed by atoms with Crippen LogP contribution in [0.4, 0.5) is 0 Å². The van der Waals surface area contributed by atoms with E-state index in [-0.39, 0.29) is 11.5 Å². The summed E-state index contributed by atoms with van der Waals surface area (Å²) in [5.74, 6) is -0.839. The van der Waals surface area contributed by atoms with E-state index in [1.165, 1.54) is 51.3 Å². The third kappa shape index (κ3) is 13.6. The van der Waals surface area contributed by atoms with Crippen LogP contribution < -0.4 is 0 Å². The third-order valence-electron chi connectivity index (χ3n) is 4.74. The number of unbranched alkanes of at least 4 members (excludes halogenated alkanes) is 6. The molecule has 2 aromatic carbocycles. The molecule has 6 nitrogen and oxygen atoms in total. The summed E-state index contributed by atoms with van der Waals surface area (Å²) >= 11 is 5.78. The molecule has 0 aliphatic heterocycles. The Labute approximate surface area is 205 Å². The standard InChI is InChI=1S/C18H26O4S.C7H6O2S/c1-22-17(19)9-7-5-3-2-4-6-8-14-23-16-12-10-15(11-13-16)18(20)21;8-7(9)5-1-3-6(10)4-2-5/h10-13H,2-9,14H2,1H3,(H,20,21);1-4,10H,(H,8,9). The second kappa shape index (κ2) is 17.1. The van der Waals surface area contributed by atoms with E-state index >= 15 is 0 Å². The topological polar surface area (TPSA) is 101 Å². The number of benzene rings is 2. The molecule has 0 saturated carbocycles. The zero-order chi connectivity index (χ0) is 24.5. The Kier molecular flexibility index (Phi) is 14.8. The first-order valence-corrected chi connectivity index (χ1v) is 12.3. The van der Waals surface area contributed by atoms with Crippen LogP contribution in [0.5, 0.6) is 0 Å². The van der Waals surface area contributed by atoms with Gasteiger partial charge in [-0.3, -0.25) is 4.79 Å². The van der Waals surface area contributed by atoms with Crippen LogP contribution in [0.3, 0.4) is 0 Å². The van der Waals surface area contributed by atoms with Gasteiger partial charge in [0.25, 0.3) is 0 Å². The monoisotopic (exact) mass is 492 g/mol. The molecule has 0 radical (unpaired) electrons. The molecular formula is C25H32O6S2. The fourth-order valence-electron chi connectivity index (χ4n) is 2.85. The van der Waals surface area contributed by atoms with Gasteiger partial charge < -0.3 is 14.9 Å². The van der Waals surface area contributed by atoms with Crippen LogP contribution in [-0.4, -0.2) is 41.0 Å². The van der Waals surface area contributed by atoms with E-state index in [1.54, 1.807) is 36.0 Å². The minimum Gasteiger partial charge on any atom is -0.478 e. The molecular weight excluding hydrogens is 460 g/mol.